The molecule has 0 bridgehead atoms. The highest BCUT2D eigenvalue weighted by Crippen LogP contribution is 2.13. The van der Waals surface area contributed by atoms with E-state index in [1.165, 1.54) is 30.3 Å². The van der Waals surface area contributed by atoms with Crippen molar-refractivity contribution in [2.24, 2.45) is 5.10 Å². The summed E-state index contributed by atoms with van der Waals surface area (Å²) in [5.41, 5.74) is 2.20. The second kappa shape index (κ2) is 9.44. The van der Waals surface area contributed by atoms with Crippen molar-refractivity contribution in [3.05, 3.63) is 75.9 Å². The summed E-state index contributed by atoms with van der Waals surface area (Å²) in [7, 11) is 0. The number of carboxylic acid groups (broad SMARTS) is 1. The highest BCUT2D eigenvalue weighted by Gasteiger charge is 2.10. The van der Waals surface area contributed by atoms with Gasteiger partial charge in [-0.15, -0.1) is 0 Å². The van der Waals surface area contributed by atoms with Gasteiger partial charge in [-0.05, 0) is 36.4 Å². The molecule has 0 spiro atoms. The fourth-order valence-electron chi connectivity index (χ4n) is 2.62. The van der Waals surface area contributed by atoms with Crippen LogP contribution in [-0.4, -0.2) is 29.1 Å². The summed E-state index contributed by atoms with van der Waals surface area (Å²) in [5, 5.41) is 15.1. The second-order valence-corrected chi connectivity index (χ2v) is 6.39. The van der Waals surface area contributed by atoms with E-state index in [1.54, 1.807) is 0 Å². The minimum atomic E-state index is -1.13. The fourth-order valence-corrected chi connectivity index (χ4v) is 2.62. The van der Waals surface area contributed by atoms with Crippen LogP contribution in [0, 0.1) is 5.82 Å². The predicted molar refractivity (Wildman–Crippen MR) is 109 cm³/mol. The van der Waals surface area contributed by atoms with Gasteiger partial charge in [0.05, 0.1) is 22.7 Å². The highest BCUT2D eigenvalue weighted by atomic mass is 19.1. The topological polar surface area (TPSA) is 138 Å². The van der Waals surface area contributed by atoms with Crippen molar-refractivity contribution in [2.45, 2.75) is 12.8 Å². The van der Waals surface area contributed by atoms with Crippen LogP contribution < -0.4 is 16.2 Å². The van der Waals surface area contributed by atoms with E-state index in [9.17, 15) is 23.6 Å². The molecule has 3 rings (SSSR count). The number of aromatic carboxylic acids is 1. The van der Waals surface area contributed by atoms with Gasteiger partial charge in [-0.3, -0.25) is 14.4 Å². The number of benzene rings is 2. The van der Waals surface area contributed by atoms with Crippen molar-refractivity contribution in [1.82, 2.24) is 5.43 Å². The Morgan fingerprint density at radius 2 is 1.87 bits per heavy atom. The number of amides is 2. The Kier molecular flexibility index (Phi) is 6.51. The van der Waals surface area contributed by atoms with Crippen LogP contribution in [0.2, 0.25) is 0 Å². The van der Waals surface area contributed by atoms with E-state index < -0.39 is 29.0 Å². The third-order valence-corrected chi connectivity index (χ3v) is 4.13. The molecule has 9 nitrogen and oxygen atoms in total. The van der Waals surface area contributed by atoms with Crippen molar-refractivity contribution in [1.29, 1.82) is 0 Å². The van der Waals surface area contributed by atoms with Crippen LogP contribution in [0.3, 0.4) is 0 Å². The molecule has 0 aliphatic rings. The Balaban J connectivity index is 1.53. The van der Waals surface area contributed by atoms with Gasteiger partial charge in [0.25, 0.3) is 0 Å². The maximum Gasteiger partial charge on any atom is 0.335 e. The van der Waals surface area contributed by atoms with Crippen molar-refractivity contribution in [2.75, 3.05) is 5.32 Å². The maximum atomic E-state index is 13.3. The Hall–Kier alpha value is -4.34. The molecule has 0 radical (unpaired) electrons. The van der Waals surface area contributed by atoms with Gasteiger partial charge >= 0.3 is 5.97 Å². The van der Waals surface area contributed by atoms with E-state index in [0.717, 1.165) is 24.6 Å². The monoisotopic (exact) mass is 425 g/mol. The number of nitrogens with zero attached hydrogens (tertiary/aromatic N) is 1. The first kappa shape index (κ1) is 21.4. The minimum Gasteiger partial charge on any atom is -0.478 e. The Morgan fingerprint density at radius 1 is 1.10 bits per heavy atom. The molecule has 158 valence electrons. The smallest absolute Gasteiger partial charge is 0.335 e. The molecule has 2 aromatic carbocycles. The quantitative estimate of drug-likeness (QED) is 0.393. The number of fused-ring (bicyclic) bond motifs is 1. The normalized spacial score (nSPS) is 10.9. The van der Waals surface area contributed by atoms with Crippen LogP contribution in [-0.2, 0) is 9.59 Å². The lowest BCUT2D eigenvalue weighted by molar-refractivity contribution is -0.124. The van der Waals surface area contributed by atoms with E-state index in [4.69, 9.17) is 9.52 Å². The van der Waals surface area contributed by atoms with Gasteiger partial charge in [-0.25, -0.2) is 14.6 Å². The van der Waals surface area contributed by atoms with Crippen LogP contribution in [0.5, 0.6) is 0 Å². The number of anilines is 1. The lowest BCUT2D eigenvalue weighted by Gasteiger charge is -2.05. The molecular formula is C21H16FN3O6. The third-order valence-electron chi connectivity index (χ3n) is 4.13. The zero-order chi connectivity index (χ0) is 22.4. The molecule has 0 saturated carbocycles. The van der Waals surface area contributed by atoms with Crippen LogP contribution in [0.25, 0.3) is 11.0 Å². The molecule has 10 heteroatoms. The zero-order valence-corrected chi connectivity index (χ0v) is 15.9. The summed E-state index contributed by atoms with van der Waals surface area (Å²) in [4.78, 5) is 47.0. The maximum absolute atomic E-state index is 13.3. The number of hydrazone groups is 1. The average molecular weight is 425 g/mol. The number of carboxylic acids is 1. The molecule has 0 aliphatic carbocycles. The largest absolute Gasteiger partial charge is 0.478 e. The molecule has 1 heterocycles. The predicted octanol–water partition coefficient (Wildman–Crippen LogP) is 2.50. The molecule has 31 heavy (non-hydrogen) atoms. The van der Waals surface area contributed by atoms with Gasteiger partial charge in [0.1, 0.15) is 17.7 Å². The molecule has 1 aromatic heterocycles. The van der Waals surface area contributed by atoms with E-state index in [2.05, 4.69) is 15.8 Å². The summed E-state index contributed by atoms with van der Waals surface area (Å²) in [6.07, 6.45) is 1.83. The Labute approximate surface area is 174 Å². The van der Waals surface area contributed by atoms with Crippen molar-refractivity contribution >= 4 is 40.7 Å². The number of hydrogen-bond donors (Lipinski definition) is 3. The Morgan fingerprint density at radius 3 is 2.65 bits per heavy atom. The van der Waals surface area contributed by atoms with E-state index in [-0.39, 0.29) is 34.9 Å². The van der Waals surface area contributed by atoms with Gasteiger partial charge in [0, 0.05) is 18.5 Å². The van der Waals surface area contributed by atoms with Crippen molar-refractivity contribution in [3.63, 3.8) is 0 Å². The first-order valence-corrected chi connectivity index (χ1v) is 8.99. The average Bonchev–Trinajstić information content (AvgIpc) is 2.74. The lowest BCUT2D eigenvalue weighted by Crippen LogP contribution is -2.21. The SMILES string of the molecule is O=C(CCC(=O)Nc1cccc(C(=O)O)c1)N/N=C/c1coc2ccc(F)cc2c1=O. The number of carbonyl (C=O) groups is 3. The van der Waals surface area contributed by atoms with Gasteiger partial charge in [-0.2, -0.15) is 5.10 Å². The standard InChI is InChI=1S/C21H16FN3O6/c22-14-4-5-17-16(9-14)20(28)13(11-31-17)10-23-25-19(27)7-6-18(26)24-15-3-1-2-12(8-15)21(29)30/h1-5,8-11H,6-7H2,(H,24,26)(H,25,27)(H,29,30)/b23-10+. The summed E-state index contributed by atoms with van der Waals surface area (Å²) in [6.45, 7) is 0. The van der Waals surface area contributed by atoms with Gasteiger partial charge in [-0.1, -0.05) is 6.07 Å². The minimum absolute atomic E-state index is 0.00875. The van der Waals surface area contributed by atoms with Crippen LogP contribution >= 0.6 is 0 Å². The van der Waals surface area contributed by atoms with Gasteiger partial charge in [0.15, 0.2) is 0 Å². The van der Waals surface area contributed by atoms with Gasteiger partial charge < -0.3 is 14.8 Å². The fraction of sp³-hybridized carbons (Fsp3) is 0.0952. The molecule has 3 aromatic rings. The number of carbonyl (C=O) groups excluding carboxylic acids is 2. The molecule has 0 aliphatic heterocycles. The number of hydrogen-bond acceptors (Lipinski definition) is 6. The molecule has 0 saturated heterocycles. The van der Waals surface area contributed by atoms with Crippen molar-refractivity contribution in [3.8, 4) is 0 Å². The van der Waals surface area contributed by atoms with Crippen molar-refractivity contribution < 1.29 is 28.3 Å². The van der Waals surface area contributed by atoms with Crippen LogP contribution in [0.15, 0.2) is 63.0 Å². The summed E-state index contributed by atoms with van der Waals surface area (Å²) in [6, 6.07) is 9.23. The van der Waals surface area contributed by atoms with Crippen LogP contribution in [0.1, 0.15) is 28.8 Å². The number of nitrogens with one attached hydrogen (secondary N) is 2. The van der Waals surface area contributed by atoms with Gasteiger partial charge in [0.2, 0.25) is 17.2 Å². The molecule has 2 amide bonds. The summed E-state index contributed by atoms with van der Waals surface area (Å²) < 4.78 is 18.6. The summed E-state index contributed by atoms with van der Waals surface area (Å²) in [5.74, 6) is -2.78. The Bertz CT molecular complexity index is 1250. The van der Waals surface area contributed by atoms with Crippen LogP contribution in [0.4, 0.5) is 10.1 Å². The lowest BCUT2D eigenvalue weighted by atomic mass is 10.2. The van der Waals surface area contributed by atoms with E-state index in [0.29, 0.717) is 5.69 Å². The zero-order valence-electron chi connectivity index (χ0n) is 15.9. The number of halogens is 1. The molecule has 0 unspecified atom stereocenters. The summed E-state index contributed by atoms with van der Waals surface area (Å²) >= 11 is 0. The molecule has 0 fully saturated rings. The van der Waals surface area contributed by atoms with E-state index >= 15 is 0 Å². The third kappa shape index (κ3) is 5.60. The molecule has 0 atom stereocenters. The first-order chi connectivity index (χ1) is 14.8. The van der Waals surface area contributed by atoms with E-state index in [1.807, 2.05) is 0 Å². The first-order valence-electron chi connectivity index (χ1n) is 8.99. The molecular weight excluding hydrogens is 409 g/mol. The number of rotatable bonds is 7. The highest BCUT2D eigenvalue weighted by molar-refractivity contribution is 5.95. The molecule has 3 N–H and O–H groups in total. The second-order valence-electron chi connectivity index (χ2n) is 6.39.